The first kappa shape index (κ1) is 11.1. The minimum Gasteiger partial charge on any atom is -0.480 e. The molecule has 1 atom stereocenters. The minimum absolute atomic E-state index is 0.0885. The Bertz CT molecular complexity index is 538. The maximum absolute atomic E-state index is 11.9. The lowest BCUT2D eigenvalue weighted by molar-refractivity contribution is -0.140. The lowest BCUT2D eigenvalue weighted by Crippen LogP contribution is -2.42. The molecule has 0 spiro atoms. The lowest BCUT2D eigenvalue weighted by atomic mass is 10.1. The second-order valence-corrected chi connectivity index (χ2v) is 3.76. The van der Waals surface area contributed by atoms with Gasteiger partial charge in [0.05, 0.1) is 11.1 Å². The van der Waals surface area contributed by atoms with Gasteiger partial charge in [0.1, 0.15) is 6.04 Å². The van der Waals surface area contributed by atoms with Gasteiger partial charge in [0.15, 0.2) is 0 Å². The van der Waals surface area contributed by atoms with Gasteiger partial charge in [-0.25, -0.2) is 4.79 Å². The fraction of sp³-hybridized carbons (Fsp3) is 0.182. The second-order valence-electron chi connectivity index (χ2n) is 3.76. The number of nitrogen functional groups attached to an aromatic ring is 1. The van der Waals surface area contributed by atoms with Gasteiger partial charge in [0.2, 0.25) is 0 Å². The van der Waals surface area contributed by atoms with Crippen molar-refractivity contribution in [3.63, 3.8) is 0 Å². The number of aliphatic carboxylic acids is 1. The predicted octanol–water partition coefficient (Wildman–Crippen LogP) is 0.338. The van der Waals surface area contributed by atoms with E-state index < -0.39 is 23.8 Å². The molecule has 2 amide bonds. The highest BCUT2D eigenvalue weighted by Crippen LogP contribution is 2.28. The third-order valence-corrected chi connectivity index (χ3v) is 2.72. The zero-order valence-corrected chi connectivity index (χ0v) is 9.01. The molecule has 2 rings (SSSR count). The third kappa shape index (κ3) is 1.45. The zero-order valence-electron chi connectivity index (χ0n) is 9.01. The van der Waals surface area contributed by atoms with Crippen LogP contribution in [0.15, 0.2) is 18.2 Å². The first-order chi connectivity index (χ1) is 7.95. The van der Waals surface area contributed by atoms with Gasteiger partial charge in [0, 0.05) is 5.69 Å². The van der Waals surface area contributed by atoms with E-state index in [1.807, 2.05) is 0 Å². The molecule has 6 nitrogen and oxygen atoms in total. The first-order valence-corrected chi connectivity index (χ1v) is 4.94. The maximum Gasteiger partial charge on any atom is 0.326 e. The molecule has 0 saturated carbocycles. The summed E-state index contributed by atoms with van der Waals surface area (Å²) < 4.78 is 0. The zero-order chi connectivity index (χ0) is 12.7. The first-order valence-electron chi connectivity index (χ1n) is 4.94. The van der Waals surface area contributed by atoms with Crippen LogP contribution in [0.4, 0.5) is 5.69 Å². The minimum atomic E-state index is -1.24. The summed E-state index contributed by atoms with van der Waals surface area (Å²) in [5, 5.41) is 8.85. The molecule has 1 aliphatic heterocycles. The van der Waals surface area contributed by atoms with Gasteiger partial charge in [-0.3, -0.25) is 14.5 Å². The molecular weight excluding hydrogens is 224 g/mol. The van der Waals surface area contributed by atoms with E-state index in [-0.39, 0.29) is 16.8 Å². The van der Waals surface area contributed by atoms with Crippen molar-refractivity contribution in [3.05, 3.63) is 29.3 Å². The molecule has 0 aliphatic carbocycles. The standard InChI is InChI=1S/C11H10N2O4/c1-5(11(16)17)13-9(14)6-3-2-4-7(12)8(6)10(13)15/h2-5H,12H2,1H3,(H,16,17). The van der Waals surface area contributed by atoms with Crippen LogP contribution in [0.5, 0.6) is 0 Å². The van der Waals surface area contributed by atoms with Crippen molar-refractivity contribution in [1.82, 2.24) is 4.90 Å². The van der Waals surface area contributed by atoms with Crippen LogP contribution < -0.4 is 5.73 Å². The predicted molar refractivity (Wildman–Crippen MR) is 58.5 cm³/mol. The molecular formula is C11H10N2O4. The molecule has 0 radical (unpaired) electrons. The summed E-state index contributed by atoms with van der Waals surface area (Å²) in [5.74, 6) is -2.51. The topological polar surface area (TPSA) is 101 Å². The quantitative estimate of drug-likeness (QED) is 0.567. The van der Waals surface area contributed by atoms with E-state index in [4.69, 9.17) is 10.8 Å². The van der Waals surface area contributed by atoms with E-state index in [0.29, 0.717) is 4.90 Å². The van der Waals surface area contributed by atoms with Crippen molar-refractivity contribution in [2.75, 3.05) is 5.73 Å². The van der Waals surface area contributed by atoms with E-state index in [9.17, 15) is 14.4 Å². The highest BCUT2D eigenvalue weighted by atomic mass is 16.4. The number of anilines is 1. The number of nitrogens with zero attached hydrogens (tertiary/aromatic N) is 1. The second kappa shape index (κ2) is 3.58. The molecule has 6 heteroatoms. The lowest BCUT2D eigenvalue weighted by Gasteiger charge is -2.18. The Hall–Kier alpha value is -2.37. The summed E-state index contributed by atoms with van der Waals surface area (Å²) in [6.45, 7) is 1.28. The van der Waals surface area contributed by atoms with Crippen molar-refractivity contribution < 1.29 is 19.5 Å². The fourth-order valence-corrected chi connectivity index (χ4v) is 1.79. The number of benzene rings is 1. The van der Waals surface area contributed by atoms with Crippen molar-refractivity contribution in [3.8, 4) is 0 Å². The van der Waals surface area contributed by atoms with Crippen molar-refractivity contribution >= 4 is 23.5 Å². The number of carboxylic acid groups (broad SMARTS) is 1. The number of hydrogen-bond donors (Lipinski definition) is 2. The average molecular weight is 234 g/mol. The number of hydrogen-bond acceptors (Lipinski definition) is 4. The van der Waals surface area contributed by atoms with Gasteiger partial charge in [-0.15, -0.1) is 0 Å². The molecule has 88 valence electrons. The van der Waals surface area contributed by atoms with Crippen molar-refractivity contribution in [2.24, 2.45) is 0 Å². The Labute approximate surface area is 96.6 Å². The SMILES string of the molecule is CC(C(=O)O)N1C(=O)c2cccc(N)c2C1=O. The highest BCUT2D eigenvalue weighted by Gasteiger charge is 2.41. The number of rotatable bonds is 2. The number of carbonyl (C=O) groups excluding carboxylic acids is 2. The highest BCUT2D eigenvalue weighted by molar-refractivity contribution is 6.24. The summed E-state index contributed by atoms with van der Waals surface area (Å²) in [7, 11) is 0. The number of carbonyl (C=O) groups is 3. The summed E-state index contributed by atoms with van der Waals surface area (Å²) in [5.41, 5.74) is 6.04. The Morgan fingerprint density at radius 1 is 1.35 bits per heavy atom. The van der Waals surface area contributed by atoms with Crippen LogP contribution >= 0.6 is 0 Å². The van der Waals surface area contributed by atoms with E-state index in [2.05, 4.69) is 0 Å². The molecule has 1 aromatic carbocycles. The van der Waals surface area contributed by atoms with Gasteiger partial charge < -0.3 is 10.8 Å². The summed E-state index contributed by atoms with van der Waals surface area (Å²) in [6.07, 6.45) is 0. The Morgan fingerprint density at radius 2 is 2.00 bits per heavy atom. The van der Waals surface area contributed by atoms with E-state index in [0.717, 1.165) is 0 Å². The Kier molecular flexibility index (Phi) is 2.35. The monoisotopic (exact) mass is 234 g/mol. The number of imide groups is 1. The molecule has 0 bridgehead atoms. The van der Waals surface area contributed by atoms with Crippen LogP contribution in [-0.4, -0.2) is 33.8 Å². The van der Waals surface area contributed by atoms with Gasteiger partial charge in [-0.1, -0.05) is 6.07 Å². The van der Waals surface area contributed by atoms with Crippen LogP contribution in [0.1, 0.15) is 27.6 Å². The molecule has 0 aromatic heterocycles. The van der Waals surface area contributed by atoms with Crippen LogP contribution in [0.2, 0.25) is 0 Å². The average Bonchev–Trinajstić information content (AvgIpc) is 2.52. The summed E-state index contributed by atoms with van der Waals surface area (Å²) in [6, 6.07) is 3.30. The van der Waals surface area contributed by atoms with Crippen molar-refractivity contribution in [1.29, 1.82) is 0 Å². The van der Waals surface area contributed by atoms with Crippen LogP contribution in [0.25, 0.3) is 0 Å². The summed E-state index contributed by atoms with van der Waals surface area (Å²) >= 11 is 0. The number of amides is 2. The molecule has 1 unspecified atom stereocenters. The van der Waals surface area contributed by atoms with Gasteiger partial charge in [-0.05, 0) is 19.1 Å². The molecule has 0 saturated heterocycles. The van der Waals surface area contributed by atoms with Crippen LogP contribution in [0.3, 0.4) is 0 Å². The number of fused-ring (bicyclic) bond motifs is 1. The number of nitrogens with two attached hydrogens (primary N) is 1. The van der Waals surface area contributed by atoms with Crippen molar-refractivity contribution in [2.45, 2.75) is 13.0 Å². The van der Waals surface area contributed by atoms with Crippen LogP contribution in [0, 0.1) is 0 Å². The smallest absolute Gasteiger partial charge is 0.326 e. The van der Waals surface area contributed by atoms with E-state index in [1.165, 1.54) is 19.1 Å². The Balaban J connectivity index is 2.53. The molecule has 1 aliphatic rings. The fourth-order valence-electron chi connectivity index (χ4n) is 1.79. The summed E-state index contributed by atoms with van der Waals surface area (Å²) in [4.78, 5) is 35.4. The third-order valence-electron chi connectivity index (χ3n) is 2.72. The van der Waals surface area contributed by atoms with Gasteiger partial charge in [0.25, 0.3) is 11.8 Å². The van der Waals surface area contributed by atoms with E-state index in [1.54, 1.807) is 6.07 Å². The van der Waals surface area contributed by atoms with Gasteiger partial charge in [-0.2, -0.15) is 0 Å². The Morgan fingerprint density at radius 3 is 2.53 bits per heavy atom. The molecule has 17 heavy (non-hydrogen) atoms. The molecule has 3 N–H and O–H groups in total. The molecule has 0 fully saturated rings. The molecule has 1 aromatic rings. The van der Waals surface area contributed by atoms with E-state index >= 15 is 0 Å². The van der Waals surface area contributed by atoms with Crippen LogP contribution in [-0.2, 0) is 4.79 Å². The maximum atomic E-state index is 11.9. The largest absolute Gasteiger partial charge is 0.480 e. The molecule has 1 heterocycles. The normalized spacial score (nSPS) is 15.9. The van der Waals surface area contributed by atoms with Gasteiger partial charge >= 0.3 is 5.97 Å². The number of carboxylic acids is 1.